The van der Waals surface area contributed by atoms with Crippen LogP contribution in [0.5, 0.6) is 0 Å². The number of benzene rings is 1. The van der Waals surface area contributed by atoms with Gasteiger partial charge in [0, 0.05) is 11.4 Å². The number of amides is 1. The number of pyridine rings is 1. The summed E-state index contributed by atoms with van der Waals surface area (Å²) in [7, 11) is 0. The van der Waals surface area contributed by atoms with Crippen LogP contribution in [-0.4, -0.2) is 22.7 Å². The van der Waals surface area contributed by atoms with Gasteiger partial charge in [0.2, 0.25) is 5.91 Å². The Morgan fingerprint density at radius 3 is 2.89 bits per heavy atom. The SMILES string of the molecule is CCC(C)NC(=O)CSc1ccc2ccccc2n1. The summed E-state index contributed by atoms with van der Waals surface area (Å²) in [5, 5.41) is 4.96. The standard InChI is InChI=1S/C15H18N2OS/c1-3-11(2)16-14(18)10-19-15-9-8-12-6-4-5-7-13(12)17-15/h4-9,11H,3,10H2,1-2H3,(H,16,18). The third-order valence-electron chi connectivity index (χ3n) is 2.94. The zero-order valence-electron chi connectivity index (χ0n) is 11.2. The van der Waals surface area contributed by atoms with Crippen LogP contribution in [0.3, 0.4) is 0 Å². The average Bonchev–Trinajstić information content (AvgIpc) is 2.44. The first-order chi connectivity index (χ1) is 9.19. The molecule has 0 spiro atoms. The molecular weight excluding hydrogens is 256 g/mol. The third kappa shape index (κ3) is 3.96. The molecule has 0 aliphatic rings. The van der Waals surface area contributed by atoms with E-state index in [1.165, 1.54) is 11.8 Å². The Hall–Kier alpha value is -1.55. The Kier molecular flexibility index (Phi) is 4.80. The lowest BCUT2D eigenvalue weighted by Crippen LogP contribution is -2.33. The summed E-state index contributed by atoms with van der Waals surface area (Å²) in [5.74, 6) is 0.477. The predicted octanol–water partition coefficient (Wildman–Crippen LogP) is 3.24. The molecule has 1 unspecified atom stereocenters. The van der Waals surface area contributed by atoms with Crippen molar-refractivity contribution in [2.45, 2.75) is 31.3 Å². The number of thioether (sulfide) groups is 1. The molecule has 4 heteroatoms. The van der Waals surface area contributed by atoms with Gasteiger partial charge in [-0.15, -0.1) is 0 Å². The smallest absolute Gasteiger partial charge is 0.230 e. The number of hydrogen-bond acceptors (Lipinski definition) is 3. The Bertz CT molecular complexity index is 571. The van der Waals surface area contributed by atoms with Gasteiger partial charge in [-0.1, -0.05) is 43.0 Å². The Labute approximate surface area is 117 Å². The van der Waals surface area contributed by atoms with E-state index in [-0.39, 0.29) is 11.9 Å². The molecular formula is C15H18N2OS. The summed E-state index contributed by atoms with van der Waals surface area (Å²) >= 11 is 1.47. The first-order valence-electron chi connectivity index (χ1n) is 6.47. The zero-order valence-corrected chi connectivity index (χ0v) is 12.0. The van der Waals surface area contributed by atoms with Gasteiger partial charge in [0.25, 0.3) is 0 Å². The van der Waals surface area contributed by atoms with Crippen molar-refractivity contribution < 1.29 is 4.79 Å². The van der Waals surface area contributed by atoms with Crippen LogP contribution in [-0.2, 0) is 4.79 Å². The molecule has 2 aromatic rings. The van der Waals surface area contributed by atoms with E-state index in [1.807, 2.05) is 43.3 Å². The van der Waals surface area contributed by atoms with Crippen LogP contribution in [0, 0.1) is 0 Å². The largest absolute Gasteiger partial charge is 0.353 e. The van der Waals surface area contributed by atoms with Gasteiger partial charge in [-0.05, 0) is 25.5 Å². The molecule has 0 aliphatic heterocycles. The second kappa shape index (κ2) is 6.57. The van der Waals surface area contributed by atoms with E-state index in [9.17, 15) is 4.79 Å². The predicted molar refractivity (Wildman–Crippen MR) is 80.4 cm³/mol. The van der Waals surface area contributed by atoms with Crippen molar-refractivity contribution in [1.82, 2.24) is 10.3 Å². The highest BCUT2D eigenvalue weighted by Gasteiger charge is 2.07. The van der Waals surface area contributed by atoms with Crippen LogP contribution in [0.25, 0.3) is 10.9 Å². The minimum Gasteiger partial charge on any atom is -0.353 e. The zero-order chi connectivity index (χ0) is 13.7. The van der Waals surface area contributed by atoms with E-state index in [0.29, 0.717) is 5.75 Å². The van der Waals surface area contributed by atoms with Gasteiger partial charge >= 0.3 is 0 Å². The van der Waals surface area contributed by atoms with Gasteiger partial charge in [-0.3, -0.25) is 4.79 Å². The van der Waals surface area contributed by atoms with Crippen molar-refractivity contribution in [3.8, 4) is 0 Å². The van der Waals surface area contributed by atoms with Crippen LogP contribution < -0.4 is 5.32 Å². The molecule has 1 atom stereocenters. The molecule has 19 heavy (non-hydrogen) atoms. The minimum atomic E-state index is 0.0642. The fourth-order valence-electron chi connectivity index (χ4n) is 1.69. The number of aromatic nitrogens is 1. The minimum absolute atomic E-state index is 0.0642. The lowest BCUT2D eigenvalue weighted by atomic mass is 10.2. The second-order valence-corrected chi connectivity index (χ2v) is 5.50. The molecule has 1 amide bonds. The molecule has 0 saturated carbocycles. The molecule has 100 valence electrons. The molecule has 0 aliphatic carbocycles. The number of nitrogens with one attached hydrogen (secondary N) is 1. The Morgan fingerprint density at radius 2 is 2.11 bits per heavy atom. The number of rotatable bonds is 5. The first kappa shape index (κ1) is 13.9. The summed E-state index contributed by atoms with van der Waals surface area (Å²) in [5.41, 5.74) is 0.967. The maximum Gasteiger partial charge on any atom is 0.230 e. The third-order valence-corrected chi connectivity index (χ3v) is 3.87. The average molecular weight is 274 g/mol. The van der Waals surface area contributed by atoms with Crippen LogP contribution >= 0.6 is 11.8 Å². The Balaban J connectivity index is 1.96. The number of carbonyl (C=O) groups is 1. The molecule has 1 aromatic heterocycles. The lowest BCUT2D eigenvalue weighted by Gasteiger charge is -2.10. The molecule has 2 rings (SSSR count). The Morgan fingerprint density at radius 1 is 1.32 bits per heavy atom. The van der Waals surface area contributed by atoms with Gasteiger partial charge in [0.1, 0.15) is 0 Å². The fourth-order valence-corrected chi connectivity index (χ4v) is 2.38. The van der Waals surface area contributed by atoms with E-state index in [2.05, 4.69) is 17.2 Å². The quantitative estimate of drug-likeness (QED) is 0.851. The first-order valence-corrected chi connectivity index (χ1v) is 7.45. The molecule has 1 N–H and O–H groups in total. The molecule has 0 bridgehead atoms. The van der Waals surface area contributed by atoms with Crippen molar-refractivity contribution >= 4 is 28.6 Å². The lowest BCUT2D eigenvalue weighted by molar-refractivity contribution is -0.119. The summed E-state index contributed by atoms with van der Waals surface area (Å²) in [6.07, 6.45) is 0.949. The summed E-state index contributed by atoms with van der Waals surface area (Å²) in [4.78, 5) is 16.2. The summed E-state index contributed by atoms with van der Waals surface area (Å²) in [6.45, 7) is 4.07. The molecule has 0 fully saturated rings. The highest BCUT2D eigenvalue weighted by molar-refractivity contribution is 7.99. The highest BCUT2D eigenvalue weighted by Crippen LogP contribution is 2.19. The van der Waals surface area contributed by atoms with Crippen LogP contribution in [0.15, 0.2) is 41.4 Å². The summed E-state index contributed by atoms with van der Waals surface area (Å²) < 4.78 is 0. The van der Waals surface area contributed by atoms with Crippen molar-refractivity contribution in [1.29, 1.82) is 0 Å². The van der Waals surface area contributed by atoms with Crippen molar-refractivity contribution in [2.24, 2.45) is 0 Å². The van der Waals surface area contributed by atoms with Crippen LogP contribution in [0.1, 0.15) is 20.3 Å². The van der Waals surface area contributed by atoms with Crippen molar-refractivity contribution in [2.75, 3.05) is 5.75 Å². The van der Waals surface area contributed by atoms with E-state index in [1.54, 1.807) is 0 Å². The van der Waals surface area contributed by atoms with Gasteiger partial charge in [0.15, 0.2) is 0 Å². The fraction of sp³-hybridized carbons (Fsp3) is 0.333. The van der Waals surface area contributed by atoms with Gasteiger partial charge in [-0.25, -0.2) is 4.98 Å². The maximum absolute atomic E-state index is 11.7. The van der Waals surface area contributed by atoms with Gasteiger partial charge < -0.3 is 5.32 Å². The normalized spacial score (nSPS) is 12.3. The number of carbonyl (C=O) groups excluding carboxylic acids is 1. The molecule has 0 radical (unpaired) electrons. The van der Waals surface area contributed by atoms with Crippen molar-refractivity contribution in [3.05, 3.63) is 36.4 Å². The van der Waals surface area contributed by atoms with E-state index >= 15 is 0 Å². The molecule has 1 heterocycles. The van der Waals surface area contributed by atoms with Gasteiger partial charge in [-0.2, -0.15) is 0 Å². The van der Waals surface area contributed by atoms with E-state index in [0.717, 1.165) is 22.3 Å². The van der Waals surface area contributed by atoms with Crippen LogP contribution in [0.2, 0.25) is 0 Å². The number of para-hydroxylation sites is 1. The monoisotopic (exact) mass is 274 g/mol. The highest BCUT2D eigenvalue weighted by atomic mass is 32.2. The molecule has 3 nitrogen and oxygen atoms in total. The summed E-state index contributed by atoms with van der Waals surface area (Å²) in [6, 6.07) is 12.2. The van der Waals surface area contributed by atoms with E-state index in [4.69, 9.17) is 0 Å². The molecule has 0 saturated heterocycles. The topological polar surface area (TPSA) is 42.0 Å². The van der Waals surface area contributed by atoms with E-state index < -0.39 is 0 Å². The molecule has 1 aromatic carbocycles. The van der Waals surface area contributed by atoms with Crippen LogP contribution in [0.4, 0.5) is 0 Å². The number of fused-ring (bicyclic) bond motifs is 1. The maximum atomic E-state index is 11.7. The number of nitrogens with zero attached hydrogens (tertiary/aromatic N) is 1. The van der Waals surface area contributed by atoms with Crippen molar-refractivity contribution in [3.63, 3.8) is 0 Å². The van der Waals surface area contributed by atoms with Gasteiger partial charge in [0.05, 0.1) is 16.3 Å². The second-order valence-electron chi connectivity index (χ2n) is 4.51. The number of hydrogen-bond donors (Lipinski definition) is 1.